The first-order valence-electron chi connectivity index (χ1n) is 5.62. The monoisotopic (exact) mass is 251 g/mol. The van der Waals surface area contributed by atoms with Gasteiger partial charge in [0, 0.05) is 6.04 Å². The van der Waals surface area contributed by atoms with Crippen molar-refractivity contribution in [3.8, 4) is 5.75 Å². The Bertz CT molecular complexity index is 490. The minimum atomic E-state index is -0.330. The van der Waals surface area contributed by atoms with Crippen LogP contribution in [0, 0.1) is 0 Å². The number of hydrogen-bond acceptors (Lipinski definition) is 6. The number of rotatable bonds is 5. The number of hydrogen-bond donors (Lipinski definition) is 3. The van der Waals surface area contributed by atoms with Crippen LogP contribution >= 0.6 is 0 Å². The lowest BCUT2D eigenvalue weighted by Gasteiger charge is -2.18. The lowest BCUT2D eigenvalue weighted by Crippen LogP contribution is -2.31. The van der Waals surface area contributed by atoms with Crippen molar-refractivity contribution in [3.63, 3.8) is 0 Å². The van der Waals surface area contributed by atoms with Crippen LogP contribution in [0.25, 0.3) is 0 Å². The highest BCUT2D eigenvalue weighted by Gasteiger charge is 2.25. The van der Waals surface area contributed by atoms with E-state index >= 15 is 0 Å². The molecular formula is C10H17N7O. The molecule has 98 valence electrons. The SMILES string of the molecule is COc1cnn(C(C)C)c1C(NN)c1cn[nH]n1. The first-order chi connectivity index (χ1) is 8.69. The second-order valence-corrected chi connectivity index (χ2v) is 4.13. The van der Waals surface area contributed by atoms with Gasteiger partial charge in [-0.05, 0) is 13.8 Å². The summed E-state index contributed by atoms with van der Waals surface area (Å²) in [6.45, 7) is 4.07. The van der Waals surface area contributed by atoms with Crippen molar-refractivity contribution >= 4 is 0 Å². The topological polar surface area (TPSA) is 107 Å². The number of nitrogens with two attached hydrogens (primary N) is 1. The predicted molar refractivity (Wildman–Crippen MR) is 64.7 cm³/mol. The molecule has 0 fully saturated rings. The van der Waals surface area contributed by atoms with E-state index in [2.05, 4.69) is 25.9 Å². The molecular weight excluding hydrogens is 234 g/mol. The third-order valence-corrected chi connectivity index (χ3v) is 2.68. The van der Waals surface area contributed by atoms with Crippen LogP contribution in [0.15, 0.2) is 12.4 Å². The van der Waals surface area contributed by atoms with Crippen molar-refractivity contribution in [1.82, 2.24) is 30.6 Å². The van der Waals surface area contributed by atoms with Gasteiger partial charge in [0.25, 0.3) is 0 Å². The average Bonchev–Trinajstić information content (AvgIpc) is 2.99. The third-order valence-electron chi connectivity index (χ3n) is 2.68. The summed E-state index contributed by atoms with van der Waals surface area (Å²) >= 11 is 0. The highest BCUT2D eigenvalue weighted by molar-refractivity contribution is 5.33. The molecule has 1 atom stereocenters. The molecule has 18 heavy (non-hydrogen) atoms. The summed E-state index contributed by atoms with van der Waals surface area (Å²) < 4.78 is 7.17. The summed E-state index contributed by atoms with van der Waals surface area (Å²) in [6.07, 6.45) is 3.28. The fraction of sp³-hybridized carbons (Fsp3) is 0.500. The number of nitrogens with zero attached hydrogens (tertiary/aromatic N) is 4. The van der Waals surface area contributed by atoms with Crippen LogP contribution in [0.4, 0.5) is 0 Å². The van der Waals surface area contributed by atoms with Gasteiger partial charge in [-0.2, -0.15) is 20.5 Å². The molecule has 2 aromatic rings. The zero-order valence-corrected chi connectivity index (χ0v) is 10.6. The minimum absolute atomic E-state index is 0.187. The van der Waals surface area contributed by atoms with Crippen molar-refractivity contribution in [2.45, 2.75) is 25.9 Å². The van der Waals surface area contributed by atoms with Crippen LogP contribution in [0.5, 0.6) is 5.75 Å². The van der Waals surface area contributed by atoms with E-state index in [-0.39, 0.29) is 12.1 Å². The Labute approximate surface area is 104 Å². The quantitative estimate of drug-likeness (QED) is 0.515. The van der Waals surface area contributed by atoms with Crippen molar-refractivity contribution in [1.29, 1.82) is 0 Å². The molecule has 0 amide bonds. The standard InChI is InChI=1S/C10H17N7O/c1-6(2)17-10(8(18-3)5-13-17)9(14-11)7-4-12-16-15-7/h4-6,9,14H,11H2,1-3H3,(H,12,15,16). The molecule has 0 spiro atoms. The zero-order valence-electron chi connectivity index (χ0n) is 10.6. The van der Waals surface area contributed by atoms with E-state index in [9.17, 15) is 0 Å². The van der Waals surface area contributed by atoms with Gasteiger partial charge in [0.1, 0.15) is 17.4 Å². The van der Waals surface area contributed by atoms with Crippen molar-refractivity contribution in [2.75, 3.05) is 7.11 Å². The molecule has 2 rings (SSSR count). The number of hydrazine groups is 1. The average molecular weight is 251 g/mol. The van der Waals surface area contributed by atoms with Gasteiger partial charge >= 0.3 is 0 Å². The molecule has 0 bridgehead atoms. The van der Waals surface area contributed by atoms with Gasteiger partial charge in [-0.25, -0.2) is 5.43 Å². The first kappa shape index (κ1) is 12.5. The largest absolute Gasteiger partial charge is 0.493 e. The number of aromatic nitrogens is 5. The summed E-state index contributed by atoms with van der Waals surface area (Å²) in [7, 11) is 1.60. The molecule has 4 N–H and O–H groups in total. The molecule has 8 heteroatoms. The van der Waals surface area contributed by atoms with Crippen LogP contribution in [0.2, 0.25) is 0 Å². The number of H-pyrrole nitrogens is 1. The van der Waals surface area contributed by atoms with Crippen molar-refractivity contribution in [3.05, 3.63) is 23.8 Å². The van der Waals surface area contributed by atoms with E-state index < -0.39 is 0 Å². The molecule has 0 aliphatic carbocycles. The van der Waals surface area contributed by atoms with Crippen LogP contribution < -0.4 is 16.0 Å². The maximum atomic E-state index is 5.62. The highest BCUT2D eigenvalue weighted by Crippen LogP contribution is 2.30. The molecule has 0 saturated carbocycles. The van der Waals surface area contributed by atoms with E-state index in [0.29, 0.717) is 11.4 Å². The Morgan fingerprint density at radius 1 is 1.44 bits per heavy atom. The molecule has 0 radical (unpaired) electrons. The lowest BCUT2D eigenvalue weighted by atomic mass is 10.1. The summed E-state index contributed by atoms with van der Waals surface area (Å²) in [5.74, 6) is 6.28. The Balaban J connectivity index is 2.50. The van der Waals surface area contributed by atoms with Crippen LogP contribution in [0.3, 0.4) is 0 Å². The molecule has 0 aliphatic heterocycles. The smallest absolute Gasteiger partial charge is 0.162 e. The summed E-state index contributed by atoms with van der Waals surface area (Å²) in [5.41, 5.74) is 4.22. The van der Waals surface area contributed by atoms with Gasteiger partial charge in [0.2, 0.25) is 0 Å². The molecule has 2 aromatic heterocycles. The zero-order chi connectivity index (χ0) is 13.1. The van der Waals surface area contributed by atoms with E-state index in [1.165, 1.54) is 0 Å². The van der Waals surface area contributed by atoms with Crippen LogP contribution in [-0.4, -0.2) is 32.3 Å². The van der Waals surface area contributed by atoms with Gasteiger partial charge in [0.15, 0.2) is 5.75 Å². The van der Waals surface area contributed by atoms with Gasteiger partial charge in [-0.15, -0.1) is 0 Å². The molecule has 8 nitrogen and oxygen atoms in total. The van der Waals surface area contributed by atoms with Crippen molar-refractivity contribution < 1.29 is 4.74 Å². The lowest BCUT2D eigenvalue weighted by molar-refractivity contribution is 0.393. The van der Waals surface area contributed by atoms with Crippen LogP contribution in [0.1, 0.15) is 37.3 Å². The summed E-state index contributed by atoms with van der Waals surface area (Å²) in [5, 5.41) is 14.7. The van der Waals surface area contributed by atoms with Gasteiger partial charge in [0.05, 0.1) is 19.5 Å². The number of methoxy groups -OCH3 is 1. The van der Waals surface area contributed by atoms with Crippen LogP contribution in [-0.2, 0) is 0 Å². The molecule has 2 heterocycles. The molecule has 1 unspecified atom stereocenters. The normalized spacial score (nSPS) is 12.9. The van der Waals surface area contributed by atoms with Crippen molar-refractivity contribution in [2.24, 2.45) is 5.84 Å². The van der Waals surface area contributed by atoms with Gasteiger partial charge in [-0.1, -0.05) is 0 Å². The Hall–Kier alpha value is -1.93. The summed E-state index contributed by atoms with van der Waals surface area (Å²) in [4.78, 5) is 0. The highest BCUT2D eigenvalue weighted by atomic mass is 16.5. The Morgan fingerprint density at radius 3 is 2.72 bits per heavy atom. The molecule has 0 aliphatic rings. The number of aromatic amines is 1. The van der Waals surface area contributed by atoms with Gasteiger partial charge in [-0.3, -0.25) is 10.5 Å². The van der Waals surface area contributed by atoms with E-state index in [4.69, 9.17) is 10.6 Å². The second-order valence-electron chi connectivity index (χ2n) is 4.13. The second kappa shape index (κ2) is 5.15. The fourth-order valence-corrected chi connectivity index (χ4v) is 1.85. The maximum Gasteiger partial charge on any atom is 0.162 e. The fourth-order valence-electron chi connectivity index (χ4n) is 1.85. The first-order valence-corrected chi connectivity index (χ1v) is 5.62. The van der Waals surface area contributed by atoms with E-state index in [1.54, 1.807) is 19.5 Å². The Morgan fingerprint density at radius 2 is 2.22 bits per heavy atom. The van der Waals surface area contributed by atoms with Gasteiger partial charge < -0.3 is 4.74 Å². The number of ether oxygens (including phenoxy) is 1. The maximum absolute atomic E-state index is 5.62. The third kappa shape index (κ3) is 2.07. The Kier molecular flexibility index (Phi) is 3.58. The summed E-state index contributed by atoms with van der Waals surface area (Å²) in [6, 6.07) is -0.143. The van der Waals surface area contributed by atoms with E-state index in [1.807, 2.05) is 18.5 Å². The molecule has 0 aromatic carbocycles. The van der Waals surface area contributed by atoms with E-state index in [0.717, 1.165) is 5.69 Å². The molecule has 0 saturated heterocycles. The number of nitrogens with one attached hydrogen (secondary N) is 2. The predicted octanol–water partition coefficient (Wildman–Crippen LogP) is 0.143. The minimum Gasteiger partial charge on any atom is -0.493 e.